The molecule has 0 amide bonds. The molecule has 3 heteroatoms. The Morgan fingerprint density at radius 1 is 1.17 bits per heavy atom. The fourth-order valence-corrected chi connectivity index (χ4v) is 3.92. The lowest BCUT2D eigenvalue weighted by molar-refractivity contribution is 0.226. The van der Waals surface area contributed by atoms with Crippen LogP contribution in [0.5, 0.6) is 0 Å². The van der Waals surface area contributed by atoms with Crippen LogP contribution < -0.4 is 0 Å². The smallest absolute Gasteiger partial charge is 0.105 e. The van der Waals surface area contributed by atoms with Crippen LogP contribution in [-0.2, 0) is 0 Å². The van der Waals surface area contributed by atoms with Crippen LogP contribution in [0.1, 0.15) is 59.8 Å². The van der Waals surface area contributed by atoms with E-state index in [1.807, 2.05) is 0 Å². The Kier molecular flexibility index (Phi) is 4.39. The molecule has 0 spiro atoms. The first kappa shape index (κ1) is 14.0. The normalized spacial score (nSPS) is 35.3. The van der Waals surface area contributed by atoms with E-state index in [4.69, 9.17) is 4.99 Å². The highest BCUT2D eigenvalue weighted by Gasteiger charge is 2.42. The molecule has 1 aliphatic heterocycles. The van der Waals surface area contributed by atoms with Gasteiger partial charge in [-0.1, -0.05) is 25.1 Å². The number of hydrogen-bond acceptors (Lipinski definition) is 1. The van der Waals surface area contributed by atoms with Crippen molar-refractivity contribution in [2.45, 2.75) is 83.7 Å². The van der Waals surface area contributed by atoms with Crippen LogP contribution in [0.2, 0.25) is 5.82 Å². The van der Waals surface area contributed by atoms with Gasteiger partial charge in [-0.3, -0.25) is 4.99 Å². The van der Waals surface area contributed by atoms with E-state index in [9.17, 15) is 0 Å². The van der Waals surface area contributed by atoms with Crippen LogP contribution in [0, 0.1) is 5.92 Å². The van der Waals surface area contributed by atoms with Gasteiger partial charge in [0.1, 0.15) is 7.85 Å². The van der Waals surface area contributed by atoms with Crippen molar-refractivity contribution in [1.29, 1.82) is 0 Å². The third-order valence-corrected chi connectivity index (χ3v) is 4.67. The monoisotopic (exact) mass is 248 g/mol. The fourth-order valence-electron chi connectivity index (χ4n) is 3.92. The third-order valence-electron chi connectivity index (χ3n) is 4.67. The molecular formula is C15H29BN2. The first-order valence-electron chi connectivity index (χ1n) is 7.85. The molecule has 1 saturated heterocycles. The van der Waals surface area contributed by atoms with Crippen LogP contribution in [0.15, 0.2) is 4.99 Å². The van der Waals surface area contributed by atoms with Crippen LogP contribution in [0.4, 0.5) is 0 Å². The van der Waals surface area contributed by atoms with Gasteiger partial charge in [-0.2, -0.15) is 0 Å². The van der Waals surface area contributed by atoms with Crippen molar-refractivity contribution in [2.24, 2.45) is 10.9 Å². The van der Waals surface area contributed by atoms with Gasteiger partial charge in [0.2, 0.25) is 0 Å². The number of rotatable bonds is 2. The average molecular weight is 248 g/mol. The average Bonchev–Trinajstić information content (AvgIpc) is 2.52. The molecule has 0 aromatic carbocycles. The fraction of sp³-hybridized carbons (Fsp3) is 0.933. The number of hydrogen-bond donors (Lipinski definition) is 0. The van der Waals surface area contributed by atoms with Crippen molar-refractivity contribution in [3.63, 3.8) is 0 Å². The van der Waals surface area contributed by atoms with Crippen LogP contribution >= 0.6 is 0 Å². The van der Waals surface area contributed by atoms with Crippen molar-refractivity contribution in [1.82, 2.24) is 4.90 Å². The second-order valence-electron chi connectivity index (χ2n) is 6.84. The minimum atomic E-state index is 0.430. The zero-order valence-corrected chi connectivity index (χ0v) is 12.8. The number of fused-ring (bicyclic) bond motifs is 1. The lowest BCUT2D eigenvalue weighted by Crippen LogP contribution is -2.41. The molecule has 0 radical (unpaired) electrons. The molecular weight excluding hydrogens is 219 g/mol. The molecule has 0 aromatic heterocycles. The Morgan fingerprint density at radius 2 is 1.83 bits per heavy atom. The van der Waals surface area contributed by atoms with E-state index in [1.54, 1.807) is 0 Å². The summed E-state index contributed by atoms with van der Waals surface area (Å²) in [6.45, 7) is 9.05. The summed E-state index contributed by atoms with van der Waals surface area (Å²) >= 11 is 0. The number of amidine groups is 1. The van der Waals surface area contributed by atoms with Crippen molar-refractivity contribution in [2.75, 3.05) is 0 Å². The van der Waals surface area contributed by atoms with Crippen molar-refractivity contribution in [3.05, 3.63) is 0 Å². The standard InChI is InChI=1S/C15H29BN2/c1-10(2)17-15-9-12-13(16)7-5-6-8-14(12)18(15)11(3)4/h10-14H,5-9,16H2,1-4H3/b17-15+. The van der Waals surface area contributed by atoms with Crippen LogP contribution in [-0.4, -0.2) is 36.7 Å². The van der Waals surface area contributed by atoms with Gasteiger partial charge in [0, 0.05) is 24.5 Å². The van der Waals surface area contributed by atoms with E-state index in [0.717, 1.165) is 17.8 Å². The first-order valence-corrected chi connectivity index (χ1v) is 7.85. The summed E-state index contributed by atoms with van der Waals surface area (Å²) < 4.78 is 0. The van der Waals surface area contributed by atoms with E-state index >= 15 is 0 Å². The minimum absolute atomic E-state index is 0.430. The topological polar surface area (TPSA) is 15.6 Å². The molecule has 3 unspecified atom stereocenters. The van der Waals surface area contributed by atoms with E-state index in [0.29, 0.717) is 12.1 Å². The predicted molar refractivity (Wildman–Crippen MR) is 82.2 cm³/mol. The molecule has 1 saturated carbocycles. The lowest BCUT2D eigenvalue weighted by atomic mass is 9.72. The highest BCUT2D eigenvalue weighted by molar-refractivity contribution is 6.12. The highest BCUT2D eigenvalue weighted by atomic mass is 15.3. The number of likely N-dealkylation sites (tertiary alicyclic amines) is 1. The van der Waals surface area contributed by atoms with Gasteiger partial charge in [0.25, 0.3) is 0 Å². The molecule has 0 aromatic rings. The lowest BCUT2D eigenvalue weighted by Gasteiger charge is -2.33. The van der Waals surface area contributed by atoms with E-state index in [-0.39, 0.29) is 0 Å². The number of aliphatic imine (C=N–C) groups is 1. The van der Waals surface area contributed by atoms with Crippen molar-refractivity contribution in [3.8, 4) is 0 Å². The maximum atomic E-state index is 4.91. The van der Waals surface area contributed by atoms with Gasteiger partial charge in [0.05, 0.1) is 5.84 Å². The van der Waals surface area contributed by atoms with Gasteiger partial charge in [0.15, 0.2) is 0 Å². The second-order valence-corrected chi connectivity index (χ2v) is 6.84. The van der Waals surface area contributed by atoms with Crippen LogP contribution in [0.25, 0.3) is 0 Å². The minimum Gasteiger partial charge on any atom is -0.355 e. The Balaban J connectivity index is 2.26. The maximum absolute atomic E-state index is 4.91. The molecule has 1 aliphatic carbocycles. The van der Waals surface area contributed by atoms with Gasteiger partial charge in [-0.05, 0) is 40.0 Å². The van der Waals surface area contributed by atoms with Gasteiger partial charge in [-0.25, -0.2) is 0 Å². The van der Waals surface area contributed by atoms with Gasteiger partial charge < -0.3 is 4.90 Å². The zero-order chi connectivity index (χ0) is 13.3. The molecule has 2 rings (SSSR count). The molecule has 2 fully saturated rings. The SMILES string of the molecule is BC1CCCCC2C1C/C(=N\C(C)C)N2C(C)C. The summed E-state index contributed by atoms with van der Waals surface area (Å²) in [4.78, 5) is 7.56. The molecule has 0 bridgehead atoms. The summed E-state index contributed by atoms with van der Waals surface area (Å²) in [5.41, 5.74) is 0. The summed E-state index contributed by atoms with van der Waals surface area (Å²) in [6, 6.07) is 1.79. The molecule has 18 heavy (non-hydrogen) atoms. The Hall–Kier alpha value is -0.465. The zero-order valence-electron chi connectivity index (χ0n) is 12.8. The maximum Gasteiger partial charge on any atom is 0.105 e. The Morgan fingerprint density at radius 3 is 2.44 bits per heavy atom. The molecule has 102 valence electrons. The van der Waals surface area contributed by atoms with Crippen molar-refractivity contribution < 1.29 is 0 Å². The summed E-state index contributed by atoms with van der Waals surface area (Å²) in [6.07, 6.45) is 6.86. The van der Waals surface area contributed by atoms with Gasteiger partial charge in [-0.15, -0.1) is 0 Å². The molecule has 0 N–H and O–H groups in total. The van der Waals surface area contributed by atoms with E-state index in [2.05, 4.69) is 40.4 Å². The Labute approximate surface area is 114 Å². The van der Waals surface area contributed by atoms with E-state index in [1.165, 1.54) is 37.9 Å². The van der Waals surface area contributed by atoms with Crippen LogP contribution in [0.3, 0.4) is 0 Å². The third kappa shape index (κ3) is 2.75. The first-order chi connectivity index (χ1) is 8.50. The predicted octanol–water partition coefficient (Wildman–Crippen LogP) is 2.89. The summed E-state index contributed by atoms with van der Waals surface area (Å²) in [7, 11) is 2.46. The molecule has 2 aliphatic rings. The second kappa shape index (κ2) is 5.67. The van der Waals surface area contributed by atoms with Crippen molar-refractivity contribution >= 4 is 13.7 Å². The quantitative estimate of drug-likeness (QED) is 0.686. The Bertz CT molecular complexity index is 312. The molecule has 1 heterocycles. The molecule has 2 nitrogen and oxygen atoms in total. The number of nitrogens with zero attached hydrogens (tertiary/aromatic N) is 2. The highest BCUT2D eigenvalue weighted by Crippen LogP contribution is 2.42. The molecule has 3 atom stereocenters. The summed E-state index contributed by atoms with van der Waals surface area (Å²) in [5, 5.41) is 0. The summed E-state index contributed by atoms with van der Waals surface area (Å²) in [5.74, 6) is 3.12. The largest absolute Gasteiger partial charge is 0.355 e. The van der Waals surface area contributed by atoms with Gasteiger partial charge >= 0.3 is 0 Å². The van der Waals surface area contributed by atoms with E-state index < -0.39 is 0 Å².